The Bertz CT molecular complexity index is 550. The predicted molar refractivity (Wildman–Crippen MR) is 96.6 cm³/mol. The summed E-state index contributed by atoms with van der Waals surface area (Å²) >= 11 is 0. The molecular formula is C22H34O2. The molecule has 6 atom stereocenters. The summed E-state index contributed by atoms with van der Waals surface area (Å²) in [7, 11) is 0. The number of ketones is 1. The predicted octanol–water partition coefficient (Wildman–Crippen LogP) is 5.05. The first-order chi connectivity index (χ1) is 11.5. The van der Waals surface area contributed by atoms with E-state index in [4.69, 9.17) is 0 Å². The number of hydrogen-bond acceptors (Lipinski definition) is 2. The van der Waals surface area contributed by atoms with E-state index in [1.54, 1.807) is 6.08 Å². The Morgan fingerprint density at radius 1 is 1.12 bits per heavy atom. The largest absolute Gasteiger partial charge is 0.385 e. The third kappa shape index (κ3) is 2.35. The number of carbonyl (C=O) groups excluding carboxylic acids is 1. The van der Waals surface area contributed by atoms with Gasteiger partial charge >= 0.3 is 0 Å². The molecule has 6 unspecified atom stereocenters. The van der Waals surface area contributed by atoms with Crippen LogP contribution < -0.4 is 0 Å². The smallest absolute Gasteiger partial charge is 0.155 e. The van der Waals surface area contributed by atoms with Crippen LogP contribution in [0.25, 0.3) is 0 Å². The van der Waals surface area contributed by atoms with E-state index < -0.39 is 5.60 Å². The molecule has 3 fully saturated rings. The van der Waals surface area contributed by atoms with Gasteiger partial charge in [0.1, 0.15) is 0 Å². The van der Waals surface area contributed by atoms with Crippen LogP contribution >= 0.6 is 0 Å². The lowest BCUT2D eigenvalue weighted by molar-refractivity contribution is -0.126. The maximum atomic E-state index is 11.8. The van der Waals surface area contributed by atoms with Gasteiger partial charge in [0.25, 0.3) is 0 Å². The molecule has 3 saturated carbocycles. The maximum absolute atomic E-state index is 11.8. The van der Waals surface area contributed by atoms with Crippen molar-refractivity contribution in [2.75, 3.05) is 0 Å². The van der Waals surface area contributed by atoms with Gasteiger partial charge in [0.15, 0.2) is 5.78 Å². The van der Waals surface area contributed by atoms with Crippen LogP contribution in [0.1, 0.15) is 84.5 Å². The minimum absolute atomic E-state index is 0.231. The number of fused-ring (bicyclic) bond motifs is 5. The van der Waals surface area contributed by atoms with Crippen LogP contribution in [0.4, 0.5) is 0 Å². The Hall–Kier alpha value is -0.630. The number of unbranched alkanes of at least 4 members (excludes halogenated alkanes) is 1. The first kappa shape index (κ1) is 16.8. The zero-order chi connectivity index (χ0) is 16.9. The summed E-state index contributed by atoms with van der Waals surface area (Å²) < 4.78 is 0. The molecule has 134 valence electrons. The van der Waals surface area contributed by atoms with E-state index >= 15 is 0 Å². The van der Waals surface area contributed by atoms with Crippen molar-refractivity contribution in [1.82, 2.24) is 0 Å². The zero-order valence-electron chi connectivity index (χ0n) is 15.5. The average Bonchev–Trinajstić information content (AvgIpc) is 2.90. The monoisotopic (exact) mass is 330 g/mol. The van der Waals surface area contributed by atoms with Crippen LogP contribution in [0.2, 0.25) is 0 Å². The van der Waals surface area contributed by atoms with Gasteiger partial charge < -0.3 is 5.11 Å². The molecule has 4 aliphatic rings. The number of rotatable bonds is 3. The number of carbonyl (C=O) groups is 1. The van der Waals surface area contributed by atoms with Crippen LogP contribution in [0.3, 0.4) is 0 Å². The molecular weight excluding hydrogens is 296 g/mol. The fourth-order valence-electron chi connectivity index (χ4n) is 7.22. The molecule has 0 aromatic rings. The van der Waals surface area contributed by atoms with Gasteiger partial charge in [-0.3, -0.25) is 4.79 Å². The summed E-state index contributed by atoms with van der Waals surface area (Å²) in [6.07, 6.45) is 14.5. The third-order valence-corrected chi connectivity index (χ3v) is 8.54. The van der Waals surface area contributed by atoms with Crippen LogP contribution in [0.5, 0.6) is 0 Å². The first-order valence-electron chi connectivity index (χ1n) is 10.5. The summed E-state index contributed by atoms with van der Waals surface area (Å²) in [6.45, 7) is 4.88. The molecule has 0 bridgehead atoms. The van der Waals surface area contributed by atoms with Gasteiger partial charge in [0.05, 0.1) is 5.60 Å². The van der Waals surface area contributed by atoms with E-state index in [9.17, 15) is 9.90 Å². The highest BCUT2D eigenvalue weighted by atomic mass is 16.3. The Labute approximate surface area is 147 Å². The van der Waals surface area contributed by atoms with Crippen LogP contribution in [0.15, 0.2) is 11.6 Å². The standard InChI is InChI=1S/C22H34O2/c1-3-4-5-15-7-9-19-18-8-6-16-14-17(23)10-13-22(16,24)20(18)11-12-21(15,19)2/h14-15,18-20,24H,3-13H2,1-2H3. The minimum Gasteiger partial charge on any atom is -0.385 e. The molecule has 0 aliphatic heterocycles. The summed E-state index contributed by atoms with van der Waals surface area (Å²) in [5.41, 5.74) is 0.932. The van der Waals surface area contributed by atoms with E-state index in [-0.39, 0.29) is 5.78 Å². The molecule has 0 spiro atoms. The van der Waals surface area contributed by atoms with Crippen molar-refractivity contribution < 1.29 is 9.90 Å². The molecule has 0 aromatic heterocycles. The Balaban J connectivity index is 1.59. The highest BCUT2D eigenvalue weighted by molar-refractivity contribution is 5.92. The van der Waals surface area contributed by atoms with Gasteiger partial charge in [-0.2, -0.15) is 0 Å². The van der Waals surface area contributed by atoms with Crippen LogP contribution in [-0.2, 0) is 4.79 Å². The van der Waals surface area contributed by atoms with E-state index in [2.05, 4.69) is 13.8 Å². The van der Waals surface area contributed by atoms with Crippen molar-refractivity contribution >= 4 is 5.78 Å². The SMILES string of the molecule is CCCCC1CCC2C3CCC4=CC(=O)CCC4(O)C3CCC12C. The van der Waals surface area contributed by atoms with Gasteiger partial charge in [0, 0.05) is 6.42 Å². The Morgan fingerprint density at radius 3 is 2.75 bits per heavy atom. The van der Waals surface area contributed by atoms with Crippen molar-refractivity contribution in [2.24, 2.45) is 29.1 Å². The third-order valence-electron chi connectivity index (χ3n) is 8.54. The second-order valence-electron chi connectivity index (χ2n) is 9.44. The van der Waals surface area contributed by atoms with Crippen molar-refractivity contribution in [3.63, 3.8) is 0 Å². The fraction of sp³-hybridized carbons (Fsp3) is 0.864. The fourth-order valence-corrected chi connectivity index (χ4v) is 7.22. The lowest BCUT2D eigenvalue weighted by atomic mass is 9.49. The summed E-state index contributed by atoms with van der Waals surface area (Å²) in [4.78, 5) is 11.8. The van der Waals surface area contributed by atoms with E-state index in [0.717, 1.165) is 23.8 Å². The van der Waals surface area contributed by atoms with Gasteiger partial charge in [-0.15, -0.1) is 0 Å². The van der Waals surface area contributed by atoms with E-state index in [0.29, 0.717) is 30.1 Å². The molecule has 0 heterocycles. The van der Waals surface area contributed by atoms with Crippen molar-refractivity contribution in [3.05, 3.63) is 11.6 Å². The molecule has 0 amide bonds. The summed E-state index contributed by atoms with van der Waals surface area (Å²) in [5.74, 6) is 3.04. The molecule has 1 N–H and O–H groups in total. The van der Waals surface area contributed by atoms with E-state index in [1.807, 2.05) is 0 Å². The van der Waals surface area contributed by atoms with Crippen LogP contribution in [-0.4, -0.2) is 16.5 Å². The maximum Gasteiger partial charge on any atom is 0.155 e. The zero-order valence-corrected chi connectivity index (χ0v) is 15.5. The average molecular weight is 331 g/mol. The van der Waals surface area contributed by atoms with Crippen molar-refractivity contribution in [2.45, 2.75) is 90.1 Å². The lowest BCUT2D eigenvalue weighted by Gasteiger charge is -2.57. The molecule has 4 aliphatic carbocycles. The molecule has 0 saturated heterocycles. The van der Waals surface area contributed by atoms with E-state index in [1.165, 1.54) is 51.4 Å². The molecule has 4 rings (SSSR count). The summed E-state index contributed by atoms with van der Waals surface area (Å²) in [5, 5.41) is 11.5. The van der Waals surface area contributed by atoms with Crippen molar-refractivity contribution in [3.8, 4) is 0 Å². The quantitative estimate of drug-likeness (QED) is 0.786. The molecule has 2 nitrogen and oxygen atoms in total. The van der Waals surface area contributed by atoms with Gasteiger partial charge in [0.2, 0.25) is 0 Å². The Morgan fingerprint density at radius 2 is 1.96 bits per heavy atom. The highest BCUT2D eigenvalue weighted by Gasteiger charge is 2.59. The van der Waals surface area contributed by atoms with Gasteiger partial charge in [-0.25, -0.2) is 0 Å². The van der Waals surface area contributed by atoms with Gasteiger partial charge in [-0.05, 0) is 92.1 Å². The molecule has 0 aromatic carbocycles. The topological polar surface area (TPSA) is 37.3 Å². The normalized spacial score (nSPS) is 47.6. The van der Waals surface area contributed by atoms with Crippen molar-refractivity contribution in [1.29, 1.82) is 0 Å². The molecule has 24 heavy (non-hydrogen) atoms. The second kappa shape index (κ2) is 5.97. The minimum atomic E-state index is -0.653. The highest BCUT2D eigenvalue weighted by Crippen LogP contribution is 2.65. The summed E-state index contributed by atoms with van der Waals surface area (Å²) in [6, 6.07) is 0. The Kier molecular flexibility index (Phi) is 4.18. The molecule has 2 heteroatoms. The van der Waals surface area contributed by atoms with Crippen LogP contribution in [0, 0.1) is 29.1 Å². The molecule has 0 radical (unpaired) electrons. The number of aliphatic hydroxyl groups is 1. The number of hydrogen-bond donors (Lipinski definition) is 1. The van der Waals surface area contributed by atoms with Gasteiger partial charge in [-0.1, -0.05) is 26.7 Å². The lowest BCUT2D eigenvalue weighted by Crippen LogP contribution is -2.55. The second-order valence-corrected chi connectivity index (χ2v) is 9.44. The first-order valence-corrected chi connectivity index (χ1v) is 10.5.